The van der Waals surface area contributed by atoms with Crippen LogP contribution in [0.2, 0.25) is 0 Å². The lowest BCUT2D eigenvalue weighted by atomic mass is 10.0. The predicted molar refractivity (Wildman–Crippen MR) is 103 cm³/mol. The number of carbonyl (C=O) groups excluding carboxylic acids is 2. The number of aliphatic hydroxyl groups excluding tert-OH is 1. The summed E-state index contributed by atoms with van der Waals surface area (Å²) in [4.78, 5) is 26.1. The highest BCUT2D eigenvalue weighted by Crippen LogP contribution is 2.20. The average Bonchev–Trinajstić information content (AvgIpc) is 2.67. The van der Waals surface area contributed by atoms with E-state index >= 15 is 0 Å². The number of benzene rings is 2. The summed E-state index contributed by atoms with van der Waals surface area (Å²) in [5.41, 5.74) is 1.98. The third-order valence-electron chi connectivity index (χ3n) is 4.41. The molecule has 0 aliphatic rings. The summed E-state index contributed by atoms with van der Waals surface area (Å²) in [6.45, 7) is 3.55. The van der Waals surface area contributed by atoms with Crippen molar-refractivity contribution >= 4 is 17.5 Å². The van der Waals surface area contributed by atoms with E-state index in [0.717, 1.165) is 5.56 Å². The Hall–Kier alpha value is -2.66. The molecule has 138 valence electrons. The highest BCUT2D eigenvalue weighted by Gasteiger charge is 2.21. The van der Waals surface area contributed by atoms with Crippen LogP contribution >= 0.6 is 0 Å². The van der Waals surface area contributed by atoms with Crippen LogP contribution in [-0.2, 0) is 11.2 Å². The van der Waals surface area contributed by atoms with Gasteiger partial charge in [-0.3, -0.25) is 9.59 Å². The molecule has 0 radical (unpaired) electrons. The van der Waals surface area contributed by atoms with E-state index < -0.39 is 12.1 Å². The third kappa shape index (κ3) is 4.92. The van der Waals surface area contributed by atoms with Crippen LogP contribution in [0.3, 0.4) is 0 Å². The Morgan fingerprint density at radius 2 is 1.69 bits per heavy atom. The second-order valence-corrected chi connectivity index (χ2v) is 6.34. The van der Waals surface area contributed by atoms with Crippen LogP contribution in [0.5, 0.6) is 0 Å². The maximum Gasteiger partial charge on any atom is 0.253 e. The zero-order chi connectivity index (χ0) is 19.1. The number of rotatable bonds is 7. The fraction of sp³-hybridized carbons (Fsp3) is 0.333. The van der Waals surface area contributed by atoms with Crippen LogP contribution in [0.4, 0.5) is 5.69 Å². The molecule has 0 heterocycles. The van der Waals surface area contributed by atoms with Gasteiger partial charge < -0.3 is 15.3 Å². The van der Waals surface area contributed by atoms with E-state index in [1.54, 1.807) is 45.2 Å². The molecule has 0 spiro atoms. The van der Waals surface area contributed by atoms with Gasteiger partial charge >= 0.3 is 0 Å². The van der Waals surface area contributed by atoms with Crippen molar-refractivity contribution in [2.24, 2.45) is 0 Å². The Morgan fingerprint density at radius 3 is 2.35 bits per heavy atom. The predicted octanol–water partition coefficient (Wildman–Crippen LogP) is 2.78. The molecule has 5 nitrogen and oxygen atoms in total. The molecule has 2 N–H and O–H groups in total. The van der Waals surface area contributed by atoms with Gasteiger partial charge in [0.15, 0.2) is 0 Å². The molecule has 0 bridgehead atoms. The summed E-state index contributed by atoms with van der Waals surface area (Å²) in [5, 5.41) is 13.2. The van der Waals surface area contributed by atoms with Gasteiger partial charge in [-0.2, -0.15) is 0 Å². The van der Waals surface area contributed by atoms with E-state index in [1.807, 2.05) is 30.3 Å². The molecule has 0 aromatic heterocycles. The number of carbonyl (C=O) groups is 2. The molecule has 2 rings (SSSR count). The highest BCUT2D eigenvalue weighted by molar-refractivity contribution is 6.04. The largest absolute Gasteiger partial charge is 0.391 e. The zero-order valence-corrected chi connectivity index (χ0v) is 15.5. The second kappa shape index (κ2) is 9.15. The molecule has 26 heavy (non-hydrogen) atoms. The first-order valence-electron chi connectivity index (χ1n) is 8.82. The van der Waals surface area contributed by atoms with Gasteiger partial charge in [0.2, 0.25) is 5.91 Å². The minimum absolute atomic E-state index is 0.0672. The van der Waals surface area contributed by atoms with Gasteiger partial charge in [0.25, 0.3) is 5.91 Å². The SMILES string of the molecule is CCC(=O)N(C)c1ccccc1C(=O)N[C@H](C)[C@@H](O)Cc1ccccc1. The molecule has 2 amide bonds. The van der Waals surface area contributed by atoms with E-state index in [2.05, 4.69) is 5.32 Å². The number of hydrogen-bond acceptors (Lipinski definition) is 3. The Bertz CT molecular complexity index is 746. The van der Waals surface area contributed by atoms with E-state index in [9.17, 15) is 14.7 Å². The molecule has 5 heteroatoms. The molecule has 0 fully saturated rings. The van der Waals surface area contributed by atoms with Crippen molar-refractivity contribution in [2.45, 2.75) is 38.8 Å². The number of anilines is 1. The van der Waals surface area contributed by atoms with E-state index in [0.29, 0.717) is 24.1 Å². The standard InChI is InChI=1S/C21H26N2O3/c1-4-20(25)23(3)18-13-9-8-12-17(18)21(26)22-15(2)19(24)14-16-10-6-5-7-11-16/h5-13,15,19,24H,4,14H2,1-3H3,(H,22,26)/t15-,19+/m1/s1. The number of para-hydroxylation sites is 1. The quantitative estimate of drug-likeness (QED) is 0.803. The van der Waals surface area contributed by atoms with Crippen LogP contribution in [0.15, 0.2) is 54.6 Å². The molecule has 0 saturated heterocycles. The molecule has 0 saturated carbocycles. The Morgan fingerprint density at radius 1 is 1.08 bits per heavy atom. The van der Waals surface area contributed by atoms with Gasteiger partial charge in [-0.1, -0.05) is 49.4 Å². The Labute approximate surface area is 154 Å². The zero-order valence-electron chi connectivity index (χ0n) is 15.5. The van der Waals surface area contributed by atoms with Crippen molar-refractivity contribution < 1.29 is 14.7 Å². The van der Waals surface area contributed by atoms with E-state index in [4.69, 9.17) is 0 Å². The van der Waals surface area contributed by atoms with Crippen molar-refractivity contribution in [1.29, 1.82) is 0 Å². The normalized spacial score (nSPS) is 12.9. The number of nitrogens with zero attached hydrogens (tertiary/aromatic N) is 1. The van der Waals surface area contributed by atoms with Gasteiger partial charge in [0, 0.05) is 19.9 Å². The lowest BCUT2D eigenvalue weighted by molar-refractivity contribution is -0.118. The molecule has 0 unspecified atom stereocenters. The lowest BCUT2D eigenvalue weighted by Gasteiger charge is -2.23. The van der Waals surface area contributed by atoms with Gasteiger partial charge in [-0.15, -0.1) is 0 Å². The van der Waals surface area contributed by atoms with Crippen LogP contribution < -0.4 is 10.2 Å². The van der Waals surface area contributed by atoms with Crippen LogP contribution in [0.1, 0.15) is 36.2 Å². The average molecular weight is 354 g/mol. The van der Waals surface area contributed by atoms with E-state index in [1.165, 1.54) is 4.90 Å². The summed E-state index contributed by atoms with van der Waals surface area (Å²) in [5.74, 6) is -0.377. The van der Waals surface area contributed by atoms with Crippen molar-refractivity contribution in [1.82, 2.24) is 5.32 Å². The van der Waals surface area contributed by atoms with E-state index in [-0.39, 0.29) is 11.8 Å². The smallest absolute Gasteiger partial charge is 0.253 e. The molecule has 0 aliphatic heterocycles. The second-order valence-electron chi connectivity index (χ2n) is 6.34. The summed E-state index contributed by atoms with van der Waals surface area (Å²) in [6.07, 6.45) is 0.111. The van der Waals surface area contributed by atoms with Crippen molar-refractivity contribution in [2.75, 3.05) is 11.9 Å². The van der Waals surface area contributed by atoms with Crippen molar-refractivity contribution in [3.8, 4) is 0 Å². The number of nitrogens with one attached hydrogen (secondary N) is 1. The number of hydrogen-bond donors (Lipinski definition) is 2. The topological polar surface area (TPSA) is 69.6 Å². The first kappa shape index (κ1) is 19.7. The summed E-state index contributed by atoms with van der Waals surface area (Å²) in [6, 6.07) is 16.2. The molecule has 2 atom stereocenters. The maximum atomic E-state index is 12.7. The minimum atomic E-state index is -0.705. The van der Waals surface area contributed by atoms with Crippen molar-refractivity contribution in [3.63, 3.8) is 0 Å². The maximum absolute atomic E-state index is 12.7. The lowest BCUT2D eigenvalue weighted by Crippen LogP contribution is -2.42. The van der Waals surface area contributed by atoms with Gasteiger partial charge in [0.1, 0.15) is 0 Å². The monoisotopic (exact) mass is 354 g/mol. The van der Waals surface area contributed by atoms with Crippen molar-refractivity contribution in [3.05, 3.63) is 65.7 Å². The first-order chi connectivity index (χ1) is 12.4. The highest BCUT2D eigenvalue weighted by atomic mass is 16.3. The number of aliphatic hydroxyl groups is 1. The fourth-order valence-corrected chi connectivity index (χ4v) is 2.74. The third-order valence-corrected chi connectivity index (χ3v) is 4.41. The molecule has 2 aromatic rings. The molecular formula is C21H26N2O3. The fourth-order valence-electron chi connectivity index (χ4n) is 2.74. The number of amides is 2. The Balaban J connectivity index is 2.08. The van der Waals surface area contributed by atoms with Gasteiger partial charge in [0.05, 0.1) is 23.4 Å². The molecular weight excluding hydrogens is 328 g/mol. The molecule has 2 aromatic carbocycles. The summed E-state index contributed by atoms with van der Waals surface area (Å²) < 4.78 is 0. The van der Waals surface area contributed by atoms with Crippen LogP contribution in [0.25, 0.3) is 0 Å². The minimum Gasteiger partial charge on any atom is -0.391 e. The molecule has 0 aliphatic carbocycles. The Kier molecular flexibility index (Phi) is 6.92. The summed E-state index contributed by atoms with van der Waals surface area (Å²) >= 11 is 0. The first-order valence-corrected chi connectivity index (χ1v) is 8.82. The van der Waals surface area contributed by atoms with Crippen LogP contribution in [-0.4, -0.2) is 36.1 Å². The van der Waals surface area contributed by atoms with Gasteiger partial charge in [-0.25, -0.2) is 0 Å². The van der Waals surface area contributed by atoms with Crippen LogP contribution in [0, 0.1) is 0 Å². The summed E-state index contributed by atoms with van der Waals surface area (Å²) in [7, 11) is 1.66. The van der Waals surface area contributed by atoms with Gasteiger partial charge in [-0.05, 0) is 24.6 Å².